The lowest BCUT2D eigenvalue weighted by Gasteiger charge is -2.20. The number of rotatable bonds is 1. The van der Waals surface area contributed by atoms with E-state index in [-0.39, 0.29) is 30.5 Å². The molecule has 1 aromatic carbocycles. The third-order valence-electron chi connectivity index (χ3n) is 4.51. The molecule has 0 saturated carbocycles. The van der Waals surface area contributed by atoms with Gasteiger partial charge in [0, 0.05) is 18.7 Å². The minimum Gasteiger partial charge on any atom is -0.493 e. The fourth-order valence-electron chi connectivity index (χ4n) is 3.11. The highest BCUT2D eigenvalue weighted by molar-refractivity contribution is 5.95. The van der Waals surface area contributed by atoms with Crippen LogP contribution in [0.25, 0.3) is 0 Å². The fraction of sp³-hybridized carbons (Fsp3) is 0.471. The largest absolute Gasteiger partial charge is 0.493 e. The summed E-state index contributed by atoms with van der Waals surface area (Å²) in [4.78, 5) is 12.6. The summed E-state index contributed by atoms with van der Waals surface area (Å²) >= 11 is 0. The Labute approximate surface area is 162 Å². The van der Waals surface area contributed by atoms with Gasteiger partial charge in [-0.15, -0.1) is 17.5 Å². The molecule has 4 bridgehead atoms. The average molecular weight is 396 g/mol. The number of nitrogens with one attached hydrogen (secondary N) is 2. The highest BCUT2D eigenvalue weighted by atomic mass is 35.5. The van der Waals surface area contributed by atoms with E-state index in [1.807, 2.05) is 6.20 Å². The number of nitrogens with zero attached hydrogens (tertiary/aromatic N) is 3. The summed E-state index contributed by atoms with van der Waals surface area (Å²) in [5, 5.41) is 14.5. The molecule has 0 spiro atoms. The van der Waals surface area contributed by atoms with E-state index >= 15 is 0 Å². The van der Waals surface area contributed by atoms with Gasteiger partial charge in [-0.2, -0.15) is 0 Å². The van der Waals surface area contributed by atoms with Crippen LogP contribution in [0, 0.1) is 0 Å². The van der Waals surface area contributed by atoms with Crippen LogP contribution in [0.3, 0.4) is 0 Å². The van der Waals surface area contributed by atoms with E-state index in [0.29, 0.717) is 49.9 Å². The van der Waals surface area contributed by atoms with Gasteiger partial charge in [0.15, 0.2) is 11.5 Å². The van der Waals surface area contributed by atoms with E-state index in [1.165, 1.54) is 0 Å². The molecule has 2 atom stereocenters. The van der Waals surface area contributed by atoms with Crippen molar-refractivity contribution in [1.82, 2.24) is 25.6 Å². The third kappa shape index (κ3) is 4.32. The minimum atomic E-state index is -0.168. The predicted molar refractivity (Wildman–Crippen MR) is 98.5 cm³/mol. The van der Waals surface area contributed by atoms with Crippen molar-refractivity contribution in [2.45, 2.75) is 25.3 Å². The van der Waals surface area contributed by atoms with Crippen molar-refractivity contribution >= 4 is 18.3 Å². The molecule has 9 nitrogen and oxygen atoms in total. The molecule has 3 heterocycles. The van der Waals surface area contributed by atoms with Crippen LogP contribution in [0.1, 0.15) is 16.1 Å². The molecule has 0 aliphatic carbocycles. The Morgan fingerprint density at radius 2 is 2.22 bits per heavy atom. The lowest BCUT2D eigenvalue weighted by molar-refractivity contribution is 0.0341. The number of ether oxygens (including phenoxy) is 3. The molecule has 2 aromatic rings. The second-order valence-electron chi connectivity index (χ2n) is 6.27. The first kappa shape index (κ1) is 19.4. The van der Waals surface area contributed by atoms with E-state index in [2.05, 4.69) is 20.9 Å². The van der Waals surface area contributed by atoms with Crippen LogP contribution in [0.2, 0.25) is 0 Å². The van der Waals surface area contributed by atoms with Crippen LogP contribution in [0.5, 0.6) is 11.5 Å². The average Bonchev–Trinajstić information content (AvgIpc) is 3.28. The lowest BCUT2D eigenvalue weighted by atomic mass is 10.1. The fourth-order valence-corrected chi connectivity index (χ4v) is 3.11. The summed E-state index contributed by atoms with van der Waals surface area (Å²) in [7, 11) is 1.57. The molecule has 4 rings (SSSR count). The van der Waals surface area contributed by atoms with Gasteiger partial charge in [0.05, 0.1) is 38.6 Å². The van der Waals surface area contributed by atoms with Crippen molar-refractivity contribution in [2.24, 2.45) is 0 Å². The van der Waals surface area contributed by atoms with Crippen molar-refractivity contribution in [3.05, 3.63) is 35.7 Å². The van der Waals surface area contributed by atoms with Crippen molar-refractivity contribution in [3.8, 4) is 11.5 Å². The molecule has 2 N–H and O–H groups in total. The Kier molecular flexibility index (Phi) is 6.15. The summed E-state index contributed by atoms with van der Waals surface area (Å²) in [5.74, 6) is 0.931. The first-order chi connectivity index (χ1) is 12.7. The number of carbonyl (C=O) groups excluding carboxylic acids is 1. The summed E-state index contributed by atoms with van der Waals surface area (Å²) in [6.07, 6.45) is 1.72. The molecule has 0 radical (unpaired) electrons. The lowest BCUT2D eigenvalue weighted by Crippen LogP contribution is -2.43. The molecule has 1 fully saturated rings. The van der Waals surface area contributed by atoms with Crippen LogP contribution < -0.4 is 20.1 Å². The Bertz CT molecular complexity index is 799. The molecular weight excluding hydrogens is 374 g/mol. The van der Waals surface area contributed by atoms with Gasteiger partial charge >= 0.3 is 0 Å². The molecular formula is C17H22ClN5O4. The van der Waals surface area contributed by atoms with Gasteiger partial charge in [-0.1, -0.05) is 5.21 Å². The standard InChI is InChI=1S/C17H21N5O4.ClH/c1-24-14-3-2-11-6-15(14)25-5-4-22-9-12(20-21-22)10-26-16-8-18-7-13(16)19-17(11)23;/h2-3,6,9,13,16,18H,4-5,7-8,10H2,1H3,(H,19,23);1H/t13-,16-;/m0./s1. The van der Waals surface area contributed by atoms with E-state index in [1.54, 1.807) is 30.0 Å². The van der Waals surface area contributed by atoms with Crippen LogP contribution in [-0.2, 0) is 17.9 Å². The normalized spacial score (nSPS) is 22.3. The second kappa shape index (κ2) is 8.55. The van der Waals surface area contributed by atoms with Crippen LogP contribution >= 0.6 is 12.4 Å². The molecule has 1 amide bonds. The molecule has 1 aromatic heterocycles. The van der Waals surface area contributed by atoms with Gasteiger partial charge in [-0.3, -0.25) is 4.79 Å². The van der Waals surface area contributed by atoms with Crippen molar-refractivity contribution in [2.75, 3.05) is 26.8 Å². The number of fused-ring (bicyclic) bond motifs is 5. The zero-order valence-corrected chi connectivity index (χ0v) is 15.7. The van der Waals surface area contributed by atoms with Crippen molar-refractivity contribution < 1.29 is 19.0 Å². The number of benzene rings is 1. The second-order valence-corrected chi connectivity index (χ2v) is 6.27. The van der Waals surface area contributed by atoms with Gasteiger partial charge in [-0.25, -0.2) is 4.68 Å². The van der Waals surface area contributed by atoms with Gasteiger partial charge in [0.2, 0.25) is 0 Å². The van der Waals surface area contributed by atoms with Crippen LogP contribution in [0.15, 0.2) is 24.4 Å². The summed E-state index contributed by atoms with van der Waals surface area (Å²) in [5.41, 5.74) is 1.26. The van der Waals surface area contributed by atoms with Crippen LogP contribution in [0.4, 0.5) is 0 Å². The zero-order valence-electron chi connectivity index (χ0n) is 14.9. The first-order valence-corrected chi connectivity index (χ1v) is 8.56. The van der Waals surface area contributed by atoms with E-state index in [4.69, 9.17) is 14.2 Å². The number of hydrogen-bond donors (Lipinski definition) is 2. The van der Waals surface area contributed by atoms with E-state index < -0.39 is 0 Å². The third-order valence-corrected chi connectivity index (χ3v) is 4.51. The van der Waals surface area contributed by atoms with E-state index in [9.17, 15) is 4.79 Å². The predicted octanol–water partition coefficient (Wildman–Crippen LogP) is 0.388. The molecule has 0 unspecified atom stereocenters. The molecule has 2 aliphatic rings. The minimum absolute atomic E-state index is 0. The van der Waals surface area contributed by atoms with Gasteiger partial charge < -0.3 is 24.8 Å². The van der Waals surface area contributed by atoms with Gasteiger partial charge in [-0.05, 0) is 18.2 Å². The summed E-state index contributed by atoms with van der Waals surface area (Å²) in [6, 6.07) is 5.03. The topological polar surface area (TPSA) is 99.5 Å². The number of carbonyl (C=O) groups is 1. The number of aromatic nitrogens is 3. The molecule has 146 valence electrons. The number of hydrogen-bond acceptors (Lipinski definition) is 7. The van der Waals surface area contributed by atoms with Gasteiger partial charge in [0.1, 0.15) is 12.3 Å². The summed E-state index contributed by atoms with van der Waals surface area (Å²) in [6.45, 7) is 2.58. The van der Waals surface area contributed by atoms with Crippen LogP contribution in [-0.4, -0.2) is 59.9 Å². The maximum atomic E-state index is 12.6. The summed E-state index contributed by atoms with van der Waals surface area (Å²) < 4.78 is 18.8. The zero-order chi connectivity index (χ0) is 17.9. The monoisotopic (exact) mass is 395 g/mol. The SMILES string of the molecule is COc1ccc2cc1OCCn1cc(nn1)CO[C@H]1CNC[C@@H]1NC2=O.Cl. The Hall–Kier alpha value is -2.36. The van der Waals surface area contributed by atoms with Crippen molar-refractivity contribution in [1.29, 1.82) is 0 Å². The smallest absolute Gasteiger partial charge is 0.251 e. The number of methoxy groups -OCH3 is 1. The van der Waals surface area contributed by atoms with Crippen molar-refractivity contribution in [3.63, 3.8) is 0 Å². The maximum Gasteiger partial charge on any atom is 0.251 e. The Balaban J connectivity index is 0.00000210. The quantitative estimate of drug-likeness (QED) is 0.720. The number of halogens is 1. The molecule has 10 heteroatoms. The van der Waals surface area contributed by atoms with E-state index in [0.717, 1.165) is 5.69 Å². The highest BCUT2D eigenvalue weighted by Gasteiger charge is 2.30. The maximum absolute atomic E-state index is 12.6. The molecule has 1 saturated heterocycles. The molecule has 2 aliphatic heterocycles. The number of amides is 1. The Morgan fingerprint density at radius 3 is 3.07 bits per heavy atom. The molecule has 27 heavy (non-hydrogen) atoms. The first-order valence-electron chi connectivity index (χ1n) is 8.56. The van der Waals surface area contributed by atoms with Gasteiger partial charge in [0.25, 0.3) is 5.91 Å². The Morgan fingerprint density at radius 1 is 1.33 bits per heavy atom. The highest BCUT2D eigenvalue weighted by Crippen LogP contribution is 2.28.